The van der Waals surface area contributed by atoms with Crippen LogP contribution < -0.4 is 4.57 Å². The second-order valence-corrected chi connectivity index (χ2v) is 5.99. The van der Waals surface area contributed by atoms with Crippen molar-refractivity contribution in [3.8, 4) is 0 Å². The van der Waals surface area contributed by atoms with E-state index in [1.807, 2.05) is 6.08 Å². The van der Waals surface area contributed by atoms with Gasteiger partial charge in [0.15, 0.2) is 5.69 Å². The molecule has 0 saturated carbocycles. The molecule has 0 bridgehead atoms. The fraction of sp³-hybridized carbons (Fsp3) is 0.227. The summed E-state index contributed by atoms with van der Waals surface area (Å²) in [5.74, 6) is 0. The summed E-state index contributed by atoms with van der Waals surface area (Å²) in [6.45, 7) is 14.2. The van der Waals surface area contributed by atoms with Crippen LogP contribution in [0, 0.1) is 6.92 Å². The zero-order valence-electron chi connectivity index (χ0n) is 14.7. The van der Waals surface area contributed by atoms with Crippen molar-refractivity contribution in [3.05, 3.63) is 89.8 Å². The summed E-state index contributed by atoms with van der Waals surface area (Å²) in [6, 6.07) is 13.1. The molecule has 1 aromatic heterocycles. The summed E-state index contributed by atoms with van der Waals surface area (Å²) >= 11 is 0. The van der Waals surface area contributed by atoms with Crippen molar-refractivity contribution in [3.63, 3.8) is 0 Å². The van der Waals surface area contributed by atoms with Gasteiger partial charge in [0.2, 0.25) is 5.69 Å². The molecule has 0 fully saturated rings. The summed E-state index contributed by atoms with van der Waals surface area (Å²) in [5.41, 5.74) is 8.57. The van der Waals surface area contributed by atoms with Crippen LogP contribution in [-0.4, -0.2) is 0 Å². The Morgan fingerprint density at radius 2 is 1.96 bits per heavy atom. The van der Waals surface area contributed by atoms with E-state index in [2.05, 4.69) is 88.0 Å². The first-order valence-electron chi connectivity index (χ1n) is 8.00. The third kappa shape index (κ3) is 3.68. The highest BCUT2D eigenvalue weighted by molar-refractivity contribution is 5.73. The molecule has 23 heavy (non-hydrogen) atoms. The molecule has 2 aromatic rings. The van der Waals surface area contributed by atoms with Crippen LogP contribution >= 0.6 is 0 Å². The number of aromatic nitrogens is 1. The standard InChI is InChI=1S/C22H26N/c1-7-16(3)21-13-12-19(14-18(21)5)15-20-10-9-11-22(23(20)6)17(4)8-2/h7-14H,1,3,15H2,2,4-6H3/q+1. The average molecular weight is 304 g/mol. The Balaban J connectivity index is 2.35. The van der Waals surface area contributed by atoms with E-state index in [0.29, 0.717) is 0 Å². The van der Waals surface area contributed by atoms with Gasteiger partial charge in [-0.15, -0.1) is 0 Å². The van der Waals surface area contributed by atoms with Gasteiger partial charge < -0.3 is 0 Å². The smallest absolute Gasteiger partial charge is 0.198 e. The van der Waals surface area contributed by atoms with Gasteiger partial charge >= 0.3 is 0 Å². The van der Waals surface area contributed by atoms with Gasteiger partial charge in [-0.05, 0) is 49.1 Å². The summed E-state index contributed by atoms with van der Waals surface area (Å²) in [4.78, 5) is 0. The summed E-state index contributed by atoms with van der Waals surface area (Å²) in [6.07, 6.45) is 4.88. The van der Waals surface area contributed by atoms with Gasteiger partial charge in [-0.25, -0.2) is 0 Å². The monoisotopic (exact) mass is 304 g/mol. The second kappa shape index (κ2) is 7.23. The van der Waals surface area contributed by atoms with Gasteiger partial charge in [-0.2, -0.15) is 4.57 Å². The molecule has 0 amide bonds. The first-order chi connectivity index (χ1) is 11.0. The minimum Gasteiger partial charge on any atom is -0.198 e. The van der Waals surface area contributed by atoms with E-state index in [1.54, 1.807) is 0 Å². The van der Waals surface area contributed by atoms with Gasteiger partial charge in [0.1, 0.15) is 7.05 Å². The number of hydrogen-bond donors (Lipinski definition) is 0. The number of pyridine rings is 1. The van der Waals surface area contributed by atoms with Crippen LogP contribution in [0.3, 0.4) is 0 Å². The van der Waals surface area contributed by atoms with Crippen molar-refractivity contribution in [2.45, 2.75) is 27.2 Å². The number of allylic oxidation sites excluding steroid dienone is 4. The van der Waals surface area contributed by atoms with Gasteiger partial charge in [0.05, 0.1) is 6.42 Å². The van der Waals surface area contributed by atoms with E-state index in [0.717, 1.165) is 12.0 Å². The van der Waals surface area contributed by atoms with Crippen LogP contribution in [0.5, 0.6) is 0 Å². The maximum atomic E-state index is 4.04. The van der Waals surface area contributed by atoms with Crippen molar-refractivity contribution >= 4 is 11.1 Å². The fourth-order valence-electron chi connectivity index (χ4n) is 2.87. The molecule has 0 spiro atoms. The van der Waals surface area contributed by atoms with Crippen molar-refractivity contribution < 1.29 is 4.57 Å². The second-order valence-electron chi connectivity index (χ2n) is 5.99. The molecule has 1 aromatic carbocycles. The number of rotatable bonds is 5. The zero-order valence-corrected chi connectivity index (χ0v) is 14.7. The molecular weight excluding hydrogens is 278 g/mol. The molecule has 0 aliphatic rings. The van der Waals surface area contributed by atoms with E-state index >= 15 is 0 Å². The maximum Gasteiger partial charge on any atom is 0.207 e. The quantitative estimate of drug-likeness (QED) is 0.538. The minimum atomic E-state index is 0.920. The Kier molecular flexibility index (Phi) is 5.33. The van der Waals surface area contributed by atoms with E-state index in [1.165, 1.54) is 33.7 Å². The molecular formula is C22H26N+. The lowest BCUT2D eigenvalue weighted by Crippen LogP contribution is -2.37. The minimum absolute atomic E-state index is 0.920. The molecule has 0 saturated heterocycles. The summed E-state index contributed by atoms with van der Waals surface area (Å²) in [5, 5.41) is 0. The first kappa shape index (κ1) is 17.0. The van der Waals surface area contributed by atoms with Crippen LogP contribution in [0.25, 0.3) is 11.1 Å². The Labute approximate surface area is 140 Å². The Morgan fingerprint density at radius 1 is 1.22 bits per heavy atom. The molecule has 0 atom stereocenters. The van der Waals surface area contributed by atoms with Gasteiger partial charge in [-0.1, -0.05) is 43.5 Å². The van der Waals surface area contributed by atoms with Gasteiger partial charge in [-0.3, -0.25) is 0 Å². The van der Waals surface area contributed by atoms with Gasteiger partial charge in [0, 0.05) is 17.7 Å². The highest BCUT2D eigenvalue weighted by atomic mass is 14.9. The summed E-state index contributed by atoms with van der Waals surface area (Å²) < 4.78 is 2.28. The van der Waals surface area contributed by atoms with Crippen LogP contribution in [0.2, 0.25) is 0 Å². The largest absolute Gasteiger partial charge is 0.207 e. The Bertz CT molecular complexity index is 779. The SMILES string of the molecule is C=CC(=C)c1ccc(Cc2cccc(C(C)=CC)[n+]2C)cc1C. The molecule has 0 N–H and O–H groups in total. The number of benzene rings is 1. The van der Waals surface area contributed by atoms with Crippen LogP contribution in [0.1, 0.15) is 41.9 Å². The lowest BCUT2D eigenvalue weighted by Gasteiger charge is -2.09. The highest BCUT2D eigenvalue weighted by Gasteiger charge is 2.14. The predicted molar refractivity (Wildman–Crippen MR) is 100 cm³/mol. The van der Waals surface area contributed by atoms with E-state index < -0.39 is 0 Å². The van der Waals surface area contributed by atoms with E-state index in [-0.39, 0.29) is 0 Å². The summed E-state index contributed by atoms with van der Waals surface area (Å²) in [7, 11) is 2.14. The maximum absolute atomic E-state index is 4.04. The molecule has 0 radical (unpaired) electrons. The van der Waals surface area contributed by atoms with E-state index in [9.17, 15) is 0 Å². The molecule has 118 valence electrons. The molecule has 2 rings (SSSR count). The van der Waals surface area contributed by atoms with Crippen LogP contribution in [0.15, 0.2) is 61.7 Å². The van der Waals surface area contributed by atoms with Crippen molar-refractivity contribution in [2.24, 2.45) is 7.05 Å². The Morgan fingerprint density at radius 3 is 2.57 bits per heavy atom. The molecule has 0 aliphatic carbocycles. The Hall–Kier alpha value is -2.41. The third-order valence-corrected chi connectivity index (χ3v) is 4.44. The first-order valence-corrected chi connectivity index (χ1v) is 8.00. The highest BCUT2D eigenvalue weighted by Crippen LogP contribution is 2.20. The van der Waals surface area contributed by atoms with Crippen molar-refractivity contribution in [2.75, 3.05) is 0 Å². The average Bonchev–Trinajstić information content (AvgIpc) is 2.55. The van der Waals surface area contributed by atoms with Crippen molar-refractivity contribution in [1.29, 1.82) is 0 Å². The third-order valence-electron chi connectivity index (χ3n) is 4.44. The zero-order chi connectivity index (χ0) is 17.0. The number of nitrogens with zero attached hydrogens (tertiary/aromatic N) is 1. The lowest BCUT2D eigenvalue weighted by molar-refractivity contribution is -0.681. The number of aryl methyl sites for hydroxylation is 1. The van der Waals surface area contributed by atoms with Gasteiger partial charge in [0.25, 0.3) is 0 Å². The topological polar surface area (TPSA) is 3.88 Å². The van der Waals surface area contributed by atoms with Crippen LogP contribution in [-0.2, 0) is 13.5 Å². The molecule has 1 heterocycles. The van der Waals surface area contributed by atoms with Crippen LogP contribution in [0.4, 0.5) is 0 Å². The van der Waals surface area contributed by atoms with E-state index in [4.69, 9.17) is 0 Å². The normalized spacial score (nSPS) is 11.4. The fourth-order valence-corrected chi connectivity index (χ4v) is 2.87. The molecule has 0 unspecified atom stereocenters. The predicted octanol–water partition coefficient (Wildman–Crippen LogP) is 5.03. The molecule has 1 nitrogen and oxygen atoms in total. The number of hydrogen-bond acceptors (Lipinski definition) is 0. The lowest BCUT2D eigenvalue weighted by atomic mass is 9.97. The molecule has 1 heteroatoms. The molecule has 0 aliphatic heterocycles. The van der Waals surface area contributed by atoms with Crippen molar-refractivity contribution in [1.82, 2.24) is 0 Å².